The maximum Gasteiger partial charge on any atom is 0.239 e. The van der Waals surface area contributed by atoms with Crippen LogP contribution in [-0.2, 0) is 0 Å². The number of rotatable bonds is 11. The van der Waals surface area contributed by atoms with Crippen LogP contribution < -0.4 is 9.47 Å². The molecule has 0 aliphatic rings. The number of benzene rings is 4. The van der Waals surface area contributed by atoms with Crippen LogP contribution in [0.3, 0.4) is 0 Å². The predicted octanol–water partition coefficient (Wildman–Crippen LogP) is 8.19. The van der Waals surface area contributed by atoms with E-state index in [0.29, 0.717) is 12.5 Å². The van der Waals surface area contributed by atoms with Crippen LogP contribution in [0.5, 0.6) is 0 Å². The van der Waals surface area contributed by atoms with E-state index in [9.17, 15) is 5.11 Å². The highest BCUT2D eigenvalue weighted by Crippen LogP contribution is 2.28. The summed E-state index contributed by atoms with van der Waals surface area (Å²) < 4.78 is 2.29. The molecular formula is C34H38N5O+. The number of nitrogens with zero attached hydrogens (tertiary/aromatic N) is 5. The SMILES string of the molecule is CCCN(CCO)c1ccc(N=Nc2ccc3nc4ccc(C(CC)CC)cc4[n+](-c4ccccc4)c3c2)cc1. The highest BCUT2D eigenvalue weighted by Gasteiger charge is 2.21. The Balaban J connectivity index is 1.56. The van der Waals surface area contributed by atoms with Gasteiger partial charge in [0.2, 0.25) is 16.7 Å². The molecule has 1 N–H and O–H groups in total. The first-order chi connectivity index (χ1) is 19.6. The molecule has 40 heavy (non-hydrogen) atoms. The first-order valence-electron chi connectivity index (χ1n) is 14.4. The predicted molar refractivity (Wildman–Crippen MR) is 164 cm³/mol. The zero-order chi connectivity index (χ0) is 27.9. The van der Waals surface area contributed by atoms with Crippen molar-refractivity contribution in [3.05, 3.63) is 96.6 Å². The zero-order valence-corrected chi connectivity index (χ0v) is 23.7. The Labute approximate surface area is 236 Å². The van der Waals surface area contributed by atoms with Crippen LogP contribution in [0.4, 0.5) is 17.1 Å². The highest BCUT2D eigenvalue weighted by atomic mass is 16.3. The van der Waals surface area contributed by atoms with Gasteiger partial charge in [-0.05, 0) is 73.2 Å². The van der Waals surface area contributed by atoms with Crippen molar-refractivity contribution in [3.8, 4) is 5.69 Å². The quantitative estimate of drug-likeness (QED) is 0.106. The van der Waals surface area contributed by atoms with Crippen LogP contribution >= 0.6 is 0 Å². The Morgan fingerprint density at radius 2 is 1.40 bits per heavy atom. The summed E-state index contributed by atoms with van der Waals surface area (Å²) in [5.41, 5.74) is 9.03. The number of azo groups is 1. The minimum absolute atomic E-state index is 0.135. The van der Waals surface area contributed by atoms with Crippen LogP contribution in [0.1, 0.15) is 51.5 Å². The fourth-order valence-corrected chi connectivity index (χ4v) is 5.40. The van der Waals surface area contributed by atoms with E-state index in [0.717, 1.165) is 70.6 Å². The third-order valence-electron chi connectivity index (χ3n) is 7.51. The van der Waals surface area contributed by atoms with Gasteiger partial charge >= 0.3 is 0 Å². The van der Waals surface area contributed by atoms with E-state index in [1.807, 2.05) is 42.5 Å². The van der Waals surface area contributed by atoms with E-state index < -0.39 is 0 Å². The average Bonchev–Trinajstić information content (AvgIpc) is 3.00. The molecule has 0 aliphatic carbocycles. The molecule has 0 bridgehead atoms. The number of aromatic nitrogens is 2. The molecule has 0 aliphatic heterocycles. The molecule has 0 radical (unpaired) electrons. The van der Waals surface area contributed by atoms with Gasteiger partial charge in [-0.1, -0.05) is 45.0 Å². The largest absolute Gasteiger partial charge is 0.395 e. The van der Waals surface area contributed by atoms with E-state index in [2.05, 4.69) is 89.0 Å². The molecule has 0 amide bonds. The van der Waals surface area contributed by atoms with E-state index >= 15 is 0 Å². The van der Waals surface area contributed by atoms with Crippen LogP contribution in [0, 0.1) is 0 Å². The van der Waals surface area contributed by atoms with E-state index in [-0.39, 0.29) is 6.61 Å². The number of aliphatic hydroxyl groups is 1. The number of aliphatic hydroxyl groups excluding tert-OH is 1. The molecule has 1 aromatic heterocycles. The maximum absolute atomic E-state index is 9.39. The molecule has 0 unspecified atom stereocenters. The second-order valence-corrected chi connectivity index (χ2v) is 10.1. The maximum atomic E-state index is 9.39. The first-order valence-corrected chi connectivity index (χ1v) is 14.4. The van der Waals surface area contributed by atoms with Gasteiger partial charge in [-0.2, -0.15) is 10.2 Å². The van der Waals surface area contributed by atoms with Gasteiger partial charge in [-0.3, -0.25) is 0 Å². The van der Waals surface area contributed by atoms with Gasteiger partial charge in [0.25, 0.3) is 0 Å². The Morgan fingerprint density at radius 3 is 2.08 bits per heavy atom. The number of hydrogen-bond acceptors (Lipinski definition) is 5. The van der Waals surface area contributed by atoms with Gasteiger partial charge in [0.1, 0.15) is 11.0 Å². The standard InChI is InChI=1S/C34H38N5O/c1-4-20-38(21-22-40)29-16-13-27(14-17-29)36-37-28-15-19-32-34(24-28)39(30-10-8-7-9-11-30)33-23-26(25(5-2)6-3)12-18-31(33)35-32/h7-19,23-25,40H,4-6,20-22H2,1-3H3/q+1. The van der Waals surface area contributed by atoms with Crippen LogP contribution in [0.15, 0.2) is 101 Å². The molecule has 0 saturated heterocycles. The van der Waals surface area contributed by atoms with E-state index in [1.54, 1.807) is 0 Å². The zero-order valence-electron chi connectivity index (χ0n) is 23.7. The Hall–Kier alpha value is -4.16. The minimum Gasteiger partial charge on any atom is -0.395 e. The summed E-state index contributed by atoms with van der Waals surface area (Å²) in [4.78, 5) is 7.20. The second-order valence-electron chi connectivity index (χ2n) is 10.1. The van der Waals surface area contributed by atoms with Crippen LogP contribution in [0.25, 0.3) is 27.8 Å². The summed E-state index contributed by atoms with van der Waals surface area (Å²) in [5, 5.41) is 18.5. The summed E-state index contributed by atoms with van der Waals surface area (Å²) in [6.07, 6.45) is 3.24. The molecule has 204 valence electrons. The van der Waals surface area contributed by atoms with Crippen molar-refractivity contribution >= 4 is 39.1 Å². The van der Waals surface area contributed by atoms with Gasteiger partial charge < -0.3 is 10.0 Å². The molecule has 0 spiro atoms. The van der Waals surface area contributed by atoms with Gasteiger partial charge in [0.15, 0.2) is 0 Å². The Kier molecular flexibility index (Phi) is 8.77. The average molecular weight is 533 g/mol. The molecule has 1 heterocycles. The third-order valence-corrected chi connectivity index (χ3v) is 7.51. The van der Waals surface area contributed by atoms with Gasteiger partial charge in [0, 0.05) is 43.0 Å². The minimum atomic E-state index is 0.135. The van der Waals surface area contributed by atoms with Crippen LogP contribution in [-0.4, -0.2) is 29.8 Å². The van der Waals surface area contributed by atoms with Crippen LogP contribution in [0.2, 0.25) is 0 Å². The van der Waals surface area contributed by atoms with Crippen molar-refractivity contribution in [3.63, 3.8) is 0 Å². The second kappa shape index (κ2) is 12.8. The van der Waals surface area contributed by atoms with Crippen molar-refractivity contribution in [1.29, 1.82) is 0 Å². The smallest absolute Gasteiger partial charge is 0.239 e. The van der Waals surface area contributed by atoms with Crippen molar-refractivity contribution in [2.45, 2.75) is 46.0 Å². The normalized spacial score (nSPS) is 11.7. The van der Waals surface area contributed by atoms with E-state index in [4.69, 9.17) is 4.98 Å². The van der Waals surface area contributed by atoms with Gasteiger partial charge in [-0.15, -0.1) is 4.57 Å². The van der Waals surface area contributed by atoms with Crippen molar-refractivity contribution in [1.82, 2.24) is 4.98 Å². The summed E-state index contributed by atoms with van der Waals surface area (Å²) in [6.45, 7) is 8.31. The molecule has 5 rings (SSSR count). The number of hydrogen-bond donors (Lipinski definition) is 1. The molecule has 4 aromatic carbocycles. The lowest BCUT2D eigenvalue weighted by atomic mass is 9.93. The number of para-hydroxylation sites is 1. The van der Waals surface area contributed by atoms with Crippen molar-refractivity contribution in [2.75, 3.05) is 24.6 Å². The lowest BCUT2D eigenvalue weighted by Gasteiger charge is -2.23. The summed E-state index contributed by atoms with van der Waals surface area (Å²) in [5.74, 6) is 0.522. The van der Waals surface area contributed by atoms with Gasteiger partial charge in [-0.25, -0.2) is 4.98 Å². The molecule has 0 atom stereocenters. The molecular weight excluding hydrogens is 494 g/mol. The topological polar surface area (TPSA) is 65.0 Å². The Bertz CT molecular complexity index is 1590. The molecule has 0 fully saturated rings. The number of anilines is 1. The fraction of sp³-hybridized carbons (Fsp3) is 0.294. The number of fused-ring (bicyclic) bond motifs is 2. The summed E-state index contributed by atoms with van der Waals surface area (Å²) in [6, 6.07) is 31.2. The van der Waals surface area contributed by atoms with Crippen molar-refractivity contribution < 1.29 is 9.67 Å². The highest BCUT2D eigenvalue weighted by molar-refractivity contribution is 5.84. The monoisotopic (exact) mass is 532 g/mol. The van der Waals surface area contributed by atoms with Crippen molar-refractivity contribution in [2.24, 2.45) is 10.2 Å². The first kappa shape index (κ1) is 27.4. The summed E-state index contributed by atoms with van der Waals surface area (Å²) in [7, 11) is 0. The molecule has 6 nitrogen and oxygen atoms in total. The summed E-state index contributed by atoms with van der Waals surface area (Å²) >= 11 is 0. The lowest BCUT2D eigenvalue weighted by molar-refractivity contribution is -0.538. The van der Waals surface area contributed by atoms with Gasteiger partial charge in [0.05, 0.1) is 18.0 Å². The lowest BCUT2D eigenvalue weighted by Crippen LogP contribution is -2.33. The van der Waals surface area contributed by atoms with E-state index in [1.165, 1.54) is 5.56 Å². The molecule has 5 aromatic rings. The molecule has 0 saturated carbocycles. The third kappa shape index (κ3) is 5.87. The Morgan fingerprint density at radius 1 is 0.750 bits per heavy atom. The fourth-order valence-electron chi connectivity index (χ4n) is 5.40. The molecule has 6 heteroatoms.